The molecule has 0 atom stereocenters. The van der Waals surface area contributed by atoms with Crippen molar-refractivity contribution in [1.82, 2.24) is 9.97 Å². The van der Waals surface area contributed by atoms with Gasteiger partial charge < -0.3 is 0 Å². The van der Waals surface area contributed by atoms with Crippen LogP contribution in [0.1, 0.15) is 17.8 Å². The third-order valence-corrected chi connectivity index (χ3v) is 1.18. The second-order valence-corrected chi connectivity index (χ2v) is 2.16. The van der Waals surface area contributed by atoms with Crippen LogP contribution in [0.15, 0.2) is 12.4 Å². The zero-order chi connectivity index (χ0) is 8.81. The Balaban J connectivity index is 2.74. The third kappa shape index (κ3) is 2.40. The summed E-state index contributed by atoms with van der Waals surface area (Å²) in [7, 11) is 0. The Morgan fingerprint density at radius 2 is 2.08 bits per heavy atom. The van der Waals surface area contributed by atoms with Crippen LogP contribution in [0, 0.1) is 30.1 Å². The van der Waals surface area contributed by atoms with Crippen LogP contribution in [-0.2, 0) is 0 Å². The fourth-order valence-corrected chi connectivity index (χ4v) is 0.643. The Morgan fingerprint density at radius 3 is 2.67 bits per heavy atom. The predicted octanol–water partition coefficient (Wildman–Crippen LogP) is 1.05. The molecule has 1 aromatic rings. The molecule has 0 radical (unpaired) electrons. The van der Waals surface area contributed by atoms with Gasteiger partial charge in [-0.3, -0.25) is 0 Å². The fraction of sp³-hybridized carbons (Fsp3) is 0.222. The number of aromatic nitrogens is 2. The first-order valence-corrected chi connectivity index (χ1v) is 3.47. The minimum Gasteiger partial charge on any atom is -0.240 e. The van der Waals surface area contributed by atoms with Gasteiger partial charge in [-0.25, -0.2) is 9.97 Å². The van der Waals surface area contributed by atoms with Crippen LogP contribution < -0.4 is 0 Å². The molecule has 0 aromatic carbocycles. The largest absolute Gasteiger partial charge is 0.240 e. The summed E-state index contributed by atoms with van der Waals surface area (Å²) < 4.78 is 0. The lowest BCUT2D eigenvalue weighted by Gasteiger charge is -1.88. The molecule has 1 rings (SSSR count). The van der Waals surface area contributed by atoms with Gasteiger partial charge in [0.15, 0.2) is 0 Å². The predicted molar refractivity (Wildman–Crippen MR) is 43.9 cm³/mol. The quantitative estimate of drug-likeness (QED) is 0.529. The van der Waals surface area contributed by atoms with Crippen LogP contribution in [0.5, 0.6) is 0 Å². The van der Waals surface area contributed by atoms with Crippen LogP contribution in [0.2, 0.25) is 0 Å². The molecule has 0 fully saturated rings. The maximum absolute atomic E-state index is 8.20. The average molecular weight is 157 g/mol. The number of hydrogen-bond donors (Lipinski definition) is 0. The minimum atomic E-state index is 0.244. The highest BCUT2D eigenvalue weighted by molar-refractivity contribution is 5.30. The summed E-state index contributed by atoms with van der Waals surface area (Å²) in [6.45, 7) is 1.81. The van der Waals surface area contributed by atoms with E-state index >= 15 is 0 Å². The van der Waals surface area contributed by atoms with Crippen LogP contribution in [0.25, 0.3) is 0 Å². The first-order chi connectivity index (χ1) is 5.83. The van der Waals surface area contributed by atoms with Crippen molar-refractivity contribution >= 4 is 0 Å². The standard InChI is InChI=1S/C9H7N3/c1-8-11-6-9(7-12-8)4-2-3-5-10/h6-7H,3H2,1H3. The molecule has 0 aliphatic carbocycles. The van der Waals surface area contributed by atoms with Crippen molar-refractivity contribution in [3.05, 3.63) is 23.8 Å². The second kappa shape index (κ2) is 4.10. The van der Waals surface area contributed by atoms with E-state index in [-0.39, 0.29) is 6.42 Å². The zero-order valence-electron chi connectivity index (χ0n) is 6.70. The van der Waals surface area contributed by atoms with E-state index in [1.54, 1.807) is 12.4 Å². The van der Waals surface area contributed by atoms with E-state index in [0.717, 1.165) is 11.4 Å². The average Bonchev–Trinajstić information content (AvgIpc) is 2.09. The SMILES string of the molecule is Cc1ncc(C#CCC#N)cn1. The molecule has 12 heavy (non-hydrogen) atoms. The number of nitrogens with zero attached hydrogens (tertiary/aromatic N) is 3. The van der Waals surface area contributed by atoms with E-state index in [4.69, 9.17) is 5.26 Å². The van der Waals surface area contributed by atoms with Gasteiger partial charge in [0.05, 0.1) is 18.1 Å². The van der Waals surface area contributed by atoms with E-state index in [1.165, 1.54) is 0 Å². The first kappa shape index (κ1) is 8.23. The summed E-state index contributed by atoms with van der Waals surface area (Å²) in [5.74, 6) is 6.18. The van der Waals surface area contributed by atoms with E-state index in [0.29, 0.717) is 0 Å². The molecule has 0 saturated heterocycles. The molecular weight excluding hydrogens is 150 g/mol. The molecular formula is C9H7N3. The van der Waals surface area contributed by atoms with Gasteiger partial charge in [0.25, 0.3) is 0 Å². The van der Waals surface area contributed by atoms with Crippen molar-refractivity contribution in [1.29, 1.82) is 5.26 Å². The number of hydrogen-bond acceptors (Lipinski definition) is 3. The third-order valence-electron chi connectivity index (χ3n) is 1.18. The molecule has 0 N–H and O–H groups in total. The van der Waals surface area contributed by atoms with Crippen LogP contribution in [0.3, 0.4) is 0 Å². The van der Waals surface area contributed by atoms with Crippen LogP contribution in [0.4, 0.5) is 0 Å². The molecule has 0 unspecified atom stereocenters. The minimum absolute atomic E-state index is 0.244. The summed E-state index contributed by atoms with van der Waals surface area (Å²) >= 11 is 0. The van der Waals surface area contributed by atoms with Gasteiger partial charge in [-0.2, -0.15) is 5.26 Å². The van der Waals surface area contributed by atoms with Gasteiger partial charge in [0, 0.05) is 12.4 Å². The summed E-state index contributed by atoms with van der Waals surface area (Å²) in [6, 6.07) is 1.93. The monoisotopic (exact) mass is 157 g/mol. The Bertz CT molecular complexity index is 348. The Labute approximate surface area is 71.1 Å². The number of rotatable bonds is 0. The molecule has 3 nitrogen and oxygen atoms in total. The number of nitriles is 1. The summed E-state index contributed by atoms with van der Waals surface area (Å²) in [4.78, 5) is 7.92. The molecule has 0 amide bonds. The van der Waals surface area contributed by atoms with Crippen molar-refractivity contribution in [2.45, 2.75) is 13.3 Å². The normalized spacial score (nSPS) is 8.00. The van der Waals surface area contributed by atoms with Gasteiger partial charge in [0.2, 0.25) is 0 Å². The lowest BCUT2D eigenvalue weighted by atomic mass is 10.3. The Kier molecular flexibility index (Phi) is 2.81. The molecule has 0 bridgehead atoms. The van der Waals surface area contributed by atoms with Gasteiger partial charge in [-0.15, -0.1) is 0 Å². The lowest BCUT2D eigenvalue weighted by Crippen LogP contribution is -1.86. The summed E-state index contributed by atoms with van der Waals surface area (Å²) in [5, 5.41) is 8.20. The Morgan fingerprint density at radius 1 is 1.42 bits per heavy atom. The first-order valence-electron chi connectivity index (χ1n) is 3.47. The lowest BCUT2D eigenvalue weighted by molar-refractivity contribution is 1.05. The molecule has 0 aliphatic rings. The second-order valence-electron chi connectivity index (χ2n) is 2.16. The van der Waals surface area contributed by atoms with Crippen molar-refractivity contribution < 1.29 is 0 Å². The van der Waals surface area contributed by atoms with Gasteiger partial charge >= 0.3 is 0 Å². The van der Waals surface area contributed by atoms with Crippen molar-refractivity contribution in [2.24, 2.45) is 0 Å². The van der Waals surface area contributed by atoms with Crippen molar-refractivity contribution in [3.63, 3.8) is 0 Å². The van der Waals surface area contributed by atoms with Gasteiger partial charge in [0.1, 0.15) is 5.82 Å². The van der Waals surface area contributed by atoms with E-state index < -0.39 is 0 Å². The van der Waals surface area contributed by atoms with E-state index in [2.05, 4.69) is 21.8 Å². The van der Waals surface area contributed by atoms with E-state index in [9.17, 15) is 0 Å². The Hall–Kier alpha value is -1.87. The highest BCUT2D eigenvalue weighted by Crippen LogP contribution is 1.91. The van der Waals surface area contributed by atoms with Gasteiger partial charge in [-0.1, -0.05) is 11.8 Å². The van der Waals surface area contributed by atoms with Crippen LogP contribution in [-0.4, -0.2) is 9.97 Å². The molecule has 0 spiro atoms. The molecule has 0 saturated carbocycles. The van der Waals surface area contributed by atoms with Crippen molar-refractivity contribution in [2.75, 3.05) is 0 Å². The van der Waals surface area contributed by atoms with Gasteiger partial charge in [-0.05, 0) is 6.92 Å². The smallest absolute Gasteiger partial charge is 0.125 e. The fourth-order valence-electron chi connectivity index (χ4n) is 0.643. The molecule has 1 heterocycles. The zero-order valence-corrected chi connectivity index (χ0v) is 6.70. The molecule has 1 aromatic heterocycles. The molecule has 0 aliphatic heterocycles. The van der Waals surface area contributed by atoms with E-state index in [1.807, 2.05) is 13.0 Å². The van der Waals surface area contributed by atoms with Crippen LogP contribution >= 0.6 is 0 Å². The highest BCUT2D eigenvalue weighted by atomic mass is 14.8. The summed E-state index contributed by atoms with van der Waals surface area (Å²) in [6.07, 6.45) is 3.54. The molecule has 3 heteroatoms. The summed E-state index contributed by atoms with van der Waals surface area (Å²) in [5.41, 5.74) is 0.746. The maximum atomic E-state index is 8.20. The number of aryl methyl sites for hydroxylation is 1. The van der Waals surface area contributed by atoms with Crippen molar-refractivity contribution in [3.8, 4) is 17.9 Å². The maximum Gasteiger partial charge on any atom is 0.125 e. The highest BCUT2D eigenvalue weighted by Gasteiger charge is 1.86. The molecule has 58 valence electrons. The topological polar surface area (TPSA) is 49.6 Å².